The van der Waals surface area contributed by atoms with Crippen LogP contribution in [0.5, 0.6) is 0 Å². The molecule has 0 bridgehead atoms. The lowest BCUT2D eigenvalue weighted by Gasteiger charge is -2.46. The lowest BCUT2D eigenvalue weighted by molar-refractivity contribution is -0.138. The quantitative estimate of drug-likeness (QED) is 0.646. The molecule has 0 saturated carbocycles. The molecule has 7 nitrogen and oxygen atoms in total. The number of nitrogens with zero attached hydrogens (tertiary/aromatic N) is 2. The minimum Gasteiger partial charge on any atom is -0.325 e. The second-order valence-electron chi connectivity index (χ2n) is 8.23. The second kappa shape index (κ2) is 9.41. The van der Waals surface area contributed by atoms with Crippen LogP contribution in [0.4, 0.5) is 28.0 Å². The van der Waals surface area contributed by atoms with Gasteiger partial charge in [-0.15, -0.1) is 0 Å². The topological polar surface area (TPSA) is 81.8 Å². The van der Waals surface area contributed by atoms with Crippen LogP contribution in [0.15, 0.2) is 48.5 Å². The number of rotatable bonds is 5. The first-order valence-electron chi connectivity index (χ1n) is 10.7. The number of anilines is 1. The van der Waals surface area contributed by atoms with Gasteiger partial charge in [0.1, 0.15) is 18.4 Å². The first kappa shape index (κ1) is 23.7. The Morgan fingerprint density at radius 3 is 2.56 bits per heavy atom. The standard InChI is InChI=1S/C23H22F4N4O3/c24-16-8-6-14(7-9-16)12-31-21(33)20-18(5-2-10-28-20)30(22(31)34)13-19(32)29-17-4-1-3-15(11-17)23(25,26)27/h1,3-4,6-9,11,18,20,28H,2,5,10,12-13H2,(H,29,32). The molecule has 0 radical (unpaired) electrons. The Labute approximate surface area is 192 Å². The molecule has 2 fully saturated rings. The summed E-state index contributed by atoms with van der Waals surface area (Å²) in [5.74, 6) is -1.58. The molecule has 2 N–H and O–H groups in total. The predicted octanol–water partition coefficient (Wildman–Crippen LogP) is 3.37. The van der Waals surface area contributed by atoms with Gasteiger partial charge < -0.3 is 15.5 Å². The van der Waals surface area contributed by atoms with Gasteiger partial charge in [0.25, 0.3) is 0 Å². The first-order valence-corrected chi connectivity index (χ1v) is 10.7. The van der Waals surface area contributed by atoms with Crippen molar-refractivity contribution < 1.29 is 31.9 Å². The number of halogens is 4. The highest BCUT2D eigenvalue weighted by Gasteiger charge is 2.47. The summed E-state index contributed by atoms with van der Waals surface area (Å²) in [7, 11) is 0. The molecule has 0 aliphatic carbocycles. The van der Waals surface area contributed by atoms with Crippen molar-refractivity contribution in [2.45, 2.75) is 37.6 Å². The molecule has 2 aromatic rings. The van der Waals surface area contributed by atoms with Crippen molar-refractivity contribution in [3.05, 3.63) is 65.5 Å². The molecule has 2 unspecified atom stereocenters. The molecule has 2 heterocycles. The zero-order valence-corrected chi connectivity index (χ0v) is 17.9. The average Bonchev–Trinajstić information content (AvgIpc) is 2.80. The van der Waals surface area contributed by atoms with E-state index in [-0.39, 0.29) is 12.2 Å². The minimum absolute atomic E-state index is 0.0538. The lowest BCUT2D eigenvalue weighted by atomic mass is 9.93. The van der Waals surface area contributed by atoms with Gasteiger partial charge in [-0.05, 0) is 55.3 Å². The van der Waals surface area contributed by atoms with Crippen molar-refractivity contribution >= 4 is 23.5 Å². The number of imide groups is 1. The molecule has 34 heavy (non-hydrogen) atoms. The monoisotopic (exact) mass is 478 g/mol. The van der Waals surface area contributed by atoms with Gasteiger partial charge in [0.15, 0.2) is 0 Å². The molecule has 2 saturated heterocycles. The van der Waals surface area contributed by atoms with Gasteiger partial charge in [0, 0.05) is 5.69 Å². The van der Waals surface area contributed by atoms with E-state index in [1.807, 2.05) is 0 Å². The van der Waals surface area contributed by atoms with E-state index < -0.39 is 54.0 Å². The normalized spacial score (nSPS) is 20.8. The van der Waals surface area contributed by atoms with Gasteiger partial charge in [-0.2, -0.15) is 13.2 Å². The number of carbonyl (C=O) groups is 3. The van der Waals surface area contributed by atoms with Crippen molar-refractivity contribution in [1.82, 2.24) is 15.1 Å². The molecule has 4 rings (SSSR count). The van der Waals surface area contributed by atoms with Crippen LogP contribution >= 0.6 is 0 Å². The van der Waals surface area contributed by atoms with Crippen LogP contribution < -0.4 is 10.6 Å². The third-order valence-electron chi connectivity index (χ3n) is 5.88. The van der Waals surface area contributed by atoms with Crippen LogP contribution in [0.25, 0.3) is 0 Å². The van der Waals surface area contributed by atoms with Crippen molar-refractivity contribution in [3.63, 3.8) is 0 Å². The highest BCUT2D eigenvalue weighted by molar-refractivity contribution is 6.02. The molecule has 2 aromatic carbocycles. The molecule has 11 heteroatoms. The molecule has 0 spiro atoms. The Bertz CT molecular complexity index is 1090. The number of urea groups is 1. The molecule has 2 atom stereocenters. The smallest absolute Gasteiger partial charge is 0.325 e. The summed E-state index contributed by atoms with van der Waals surface area (Å²) >= 11 is 0. The Morgan fingerprint density at radius 2 is 1.85 bits per heavy atom. The maximum absolute atomic E-state index is 13.2. The van der Waals surface area contributed by atoms with E-state index >= 15 is 0 Å². The number of hydrogen-bond acceptors (Lipinski definition) is 4. The number of alkyl halides is 3. The van der Waals surface area contributed by atoms with Gasteiger partial charge >= 0.3 is 12.2 Å². The second-order valence-corrected chi connectivity index (χ2v) is 8.23. The summed E-state index contributed by atoms with van der Waals surface area (Å²) in [6.45, 7) is 0.0233. The molecular formula is C23H22F4N4O3. The minimum atomic E-state index is -4.56. The third-order valence-corrected chi connectivity index (χ3v) is 5.88. The number of carbonyl (C=O) groups excluding carboxylic acids is 3. The van der Waals surface area contributed by atoms with Gasteiger partial charge in [0.05, 0.1) is 18.2 Å². The van der Waals surface area contributed by atoms with Crippen LogP contribution in [0, 0.1) is 5.82 Å². The van der Waals surface area contributed by atoms with Crippen LogP contribution in [0.3, 0.4) is 0 Å². The SMILES string of the molecule is O=C(CN1C(=O)N(Cc2ccc(F)cc2)C(=O)C2NCCCC21)Nc1cccc(C(F)(F)F)c1. The zero-order valence-electron chi connectivity index (χ0n) is 17.9. The number of amides is 4. The Kier molecular flexibility index (Phi) is 6.56. The Hall–Kier alpha value is -3.47. The van der Waals surface area contributed by atoms with Crippen molar-refractivity contribution in [2.75, 3.05) is 18.4 Å². The first-order chi connectivity index (χ1) is 16.1. The number of hydrogen-bond donors (Lipinski definition) is 2. The van der Waals surface area contributed by atoms with E-state index in [2.05, 4.69) is 10.6 Å². The van der Waals surface area contributed by atoms with E-state index in [0.29, 0.717) is 24.9 Å². The molecule has 180 valence electrons. The van der Waals surface area contributed by atoms with E-state index in [4.69, 9.17) is 0 Å². The van der Waals surface area contributed by atoms with Gasteiger partial charge in [-0.1, -0.05) is 18.2 Å². The number of nitrogens with one attached hydrogen (secondary N) is 2. The Morgan fingerprint density at radius 1 is 1.12 bits per heavy atom. The summed E-state index contributed by atoms with van der Waals surface area (Å²) in [5.41, 5.74) is -0.431. The van der Waals surface area contributed by atoms with Gasteiger partial charge in [-0.25, -0.2) is 9.18 Å². The molecule has 0 aromatic heterocycles. The maximum atomic E-state index is 13.2. The van der Waals surface area contributed by atoms with Crippen LogP contribution in [-0.2, 0) is 22.3 Å². The summed E-state index contributed by atoms with van der Waals surface area (Å²) in [5, 5.41) is 5.49. The fraction of sp³-hybridized carbons (Fsp3) is 0.348. The van der Waals surface area contributed by atoms with Gasteiger partial charge in [0.2, 0.25) is 11.8 Å². The van der Waals surface area contributed by atoms with Crippen molar-refractivity contribution in [2.24, 2.45) is 0 Å². The van der Waals surface area contributed by atoms with E-state index in [1.54, 1.807) is 0 Å². The highest BCUT2D eigenvalue weighted by Crippen LogP contribution is 2.31. The summed E-state index contributed by atoms with van der Waals surface area (Å²) in [4.78, 5) is 41.2. The van der Waals surface area contributed by atoms with E-state index in [0.717, 1.165) is 17.0 Å². The average molecular weight is 478 g/mol. The third kappa shape index (κ3) is 5.04. The largest absolute Gasteiger partial charge is 0.416 e. The zero-order chi connectivity index (χ0) is 24.5. The molecular weight excluding hydrogens is 456 g/mol. The predicted molar refractivity (Wildman–Crippen MR) is 114 cm³/mol. The van der Waals surface area contributed by atoms with E-state index in [1.165, 1.54) is 41.3 Å². The highest BCUT2D eigenvalue weighted by atomic mass is 19.4. The fourth-order valence-electron chi connectivity index (χ4n) is 4.25. The number of piperidine rings is 1. The van der Waals surface area contributed by atoms with Crippen LogP contribution in [0.2, 0.25) is 0 Å². The van der Waals surface area contributed by atoms with Crippen molar-refractivity contribution in [3.8, 4) is 0 Å². The summed E-state index contributed by atoms with van der Waals surface area (Å²) in [6.07, 6.45) is -3.38. The van der Waals surface area contributed by atoms with Crippen LogP contribution in [0.1, 0.15) is 24.0 Å². The van der Waals surface area contributed by atoms with Crippen LogP contribution in [-0.4, -0.2) is 52.8 Å². The summed E-state index contributed by atoms with van der Waals surface area (Å²) in [6, 6.07) is 7.59. The maximum Gasteiger partial charge on any atom is 0.416 e. The lowest BCUT2D eigenvalue weighted by Crippen LogP contribution is -2.70. The summed E-state index contributed by atoms with van der Waals surface area (Å²) < 4.78 is 52.1. The number of fused-ring (bicyclic) bond motifs is 1. The molecule has 2 aliphatic heterocycles. The van der Waals surface area contributed by atoms with E-state index in [9.17, 15) is 31.9 Å². The van der Waals surface area contributed by atoms with Crippen molar-refractivity contribution in [1.29, 1.82) is 0 Å². The molecule has 4 amide bonds. The molecule has 2 aliphatic rings. The fourth-order valence-corrected chi connectivity index (χ4v) is 4.25. The number of benzene rings is 2. The Balaban J connectivity index is 1.53. The van der Waals surface area contributed by atoms with Gasteiger partial charge in [-0.3, -0.25) is 14.5 Å².